The number of aromatic nitrogens is 3. The van der Waals surface area contributed by atoms with Gasteiger partial charge in [0.25, 0.3) is 0 Å². The number of anilines is 1. The lowest BCUT2D eigenvalue weighted by Gasteiger charge is -2.40. The fraction of sp³-hybridized carbons (Fsp3) is 0.519. The molecule has 1 aliphatic carbocycles. The van der Waals surface area contributed by atoms with Gasteiger partial charge in [0, 0.05) is 62.8 Å². The standard InChI is InChI=1S/C27H34N6O/c1-19-13-22(14-19)27(34)32-11-9-31(10-12-32)25-6-8-30-33-18-23(15-26(25)33)24-5-4-21(17-29-24)20-3-2-7-28-16-20/h4-6,8,15,17-20,22,28H,2-3,7,9-14,16H2,1H3/t19?,20-,22?/m1/s1. The van der Waals surface area contributed by atoms with Crippen LogP contribution in [0.4, 0.5) is 5.69 Å². The first-order valence-corrected chi connectivity index (χ1v) is 12.8. The second kappa shape index (κ2) is 9.02. The molecule has 0 unspecified atom stereocenters. The molecule has 3 aromatic rings. The summed E-state index contributed by atoms with van der Waals surface area (Å²) in [5.41, 5.74) is 5.65. The Morgan fingerprint density at radius 1 is 1.12 bits per heavy atom. The van der Waals surface area contributed by atoms with E-state index in [2.05, 4.69) is 57.6 Å². The van der Waals surface area contributed by atoms with Crippen molar-refractivity contribution in [1.82, 2.24) is 24.8 Å². The lowest BCUT2D eigenvalue weighted by Crippen LogP contribution is -2.52. The quantitative estimate of drug-likeness (QED) is 0.648. The van der Waals surface area contributed by atoms with Crippen molar-refractivity contribution >= 4 is 17.1 Å². The van der Waals surface area contributed by atoms with Crippen molar-refractivity contribution in [3.8, 4) is 11.3 Å². The monoisotopic (exact) mass is 458 g/mol. The highest BCUT2D eigenvalue weighted by Crippen LogP contribution is 2.35. The Bertz CT molecular complexity index is 1150. The van der Waals surface area contributed by atoms with Gasteiger partial charge in [0.1, 0.15) is 0 Å². The van der Waals surface area contributed by atoms with Crippen molar-refractivity contribution in [2.45, 2.75) is 38.5 Å². The molecule has 1 saturated carbocycles. The molecule has 5 heterocycles. The highest BCUT2D eigenvalue weighted by atomic mass is 16.2. The van der Waals surface area contributed by atoms with Gasteiger partial charge in [0.15, 0.2) is 0 Å². The number of piperidine rings is 1. The minimum Gasteiger partial charge on any atom is -0.366 e. The van der Waals surface area contributed by atoms with E-state index >= 15 is 0 Å². The number of amides is 1. The minimum atomic E-state index is 0.260. The lowest BCUT2D eigenvalue weighted by atomic mass is 9.75. The molecular formula is C27H34N6O. The van der Waals surface area contributed by atoms with Gasteiger partial charge in [-0.2, -0.15) is 5.10 Å². The molecular weight excluding hydrogens is 424 g/mol. The molecule has 7 nitrogen and oxygen atoms in total. The molecule has 1 amide bonds. The predicted molar refractivity (Wildman–Crippen MR) is 134 cm³/mol. The molecule has 2 saturated heterocycles. The molecule has 178 valence electrons. The van der Waals surface area contributed by atoms with Gasteiger partial charge < -0.3 is 15.1 Å². The number of nitrogens with one attached hydrogen (secondary N) is 1. The van der Waals surface area contributed by atoms with Crippen LogP contribution in [0.25, 0.3) is 16.8 Å². The average molecular weight is 459 g/mol. The summed E-state index contributed by atoms with van der Waals surface area (Å²) in [4.78, 5) is 22.0. The molecule has 7 heteroatoms. The van der Waals surface area contributed by atoms with Gasteiger partial charge in [0.05, 0.1) is 16.9 Å². The zero-order chi connectivity index (χ0) is 23.1. The van der Waals surface area contributed by atoms with Gasteiger partial charge in [-0.15, -0.1) is 0 Å². The zero-order valence-electron chi connectivity index (χ0n) is 20.0. The third-order valence-corrected chi connectivity index (χ3v) is 7.99. The summed E-state index contributed by atoms with van der Waals surface area (Å²) in [5.74, 6) is 1.89. The minimum absolute atomic E-state index is 0.260. The first-order valence-electron chi connectivity index (χ1n) is 12.8. The van der Waals surface area contributed by atoms with Gasteiger partial charge in [-0.05, 0) is 67.8 Å². The number of hydrogen-bond donors (Lipinski definition) is 1. The zero-order valence-corrected chi connectivity index (χ0v) is 20.0. The van der Waals surface area contributed by atoms with Crippen molar-refractivity contribution in [3.63, 3.8) is 0 Å². The van der Waals surface area contributed by atoms with Gasteiger partial charge in [0.2, 0.25) is 5.91 Å². The van der Waals surface area contributed by atoms with Crippen LogP contribution in [0.5, 0.6) is 0 Å². The molecule has 2 aliphatic heterocycles. The van der Waals surface area contributed by atoms with E-state index in [1.165, 1.54) is 24.1 Å². The molecule has 3 fully saturated rings. The van der Waals surface area contributed by atoms with E-state index in [0.717, 1.165) is 68.9 Å². The van der Waals surface area contributed by atoms with Crippen LogP contribution in [-0.2, 0) is 4.79 Å². The number of nitrogens with zero attached hydrogens (tertiary/aromatic N) is 5. The van der Waals surface area contributed by atoms with Crippen LogP contribution >= 0.6 is 0 Å². The second-order valence-corrected chi connectivity index (χ2v) is 10.4. The largest absolute Gasteiger partial charge is 0.366 e. The van der Waals surface area contributed by atoms with Crippen LogP contribution < -0.4 is 10.2 Å². The predicted octanol–water partition coefficient (Wildman–Crippen LogP) is 3.56. The number of hydrogen-bond acceptors (Lipinski definition) is 5. The van der Waals surface area contributed by atoms with E-state index in [-0.39, 0.29) is 5.92 Å². The Morgan fingerprint density at radius 3 is 2.68 bits per heavy atom. The van der Waals surface area contributed by atoms with Crippen molar-refractivity contribution in [2.75, 3.05) is 44.2 Å². The summed E-state index contributed by atoms with van der Waals surface area (Å²) in [6.45, 7) is 7.71. The lowest BCUT2D eigenvalue weighted by molar-refractivity contribution is -0.140. The number of pyridine rings is 1. The molecule has 1 atom stereocenters. The van der Waals surface area contributed by atoms with Crippen LogP contribution in [0, 0.1) is 11.8 Å². The smallest absolute Gasteiger partial charge is 0.225 e. The summed E-state index contributed by atoms with van der Waals surface area (Å²) in [5, 5.41) is 8.05. The van der Waals surface area contributed by atoms with Gasteiger partial charge >= 0.3 is 0 Å². The third-order valence-electron chi connectivity index (χ3n) is 7.99. The normalized spacial score (nSPS) is 25.4. The first kappa shape index (κ1) is 21.6. The van der Waals surface area contributed by atoms with Crippen LogP contribution in [0.15, 0.2) is 42.9 Å². The van der Waals surface area contributed by atoms with Crippen molar-refractivity contribution < 1.29 is 4.79 Å². The summed E-state index contributed by atoms with van der Waals surface area (Å²) >= 11 is 0. The van der Waals surface area contributed by atoms with Crippen LogP contribution in [-0.4, -0.2) is 64.7 Å². The molecule has 34 heavy (non-hydrogen) atoms. The summed E-state index contributed by atoms with van der Waals surface area (Å²) in [6.07, 6.45) is 10.6. The maximum atomic E-state index is 12.7. The van der Waals surface area contributed by atoms with Crippen LogP contribution in [0.3, 0.4) is 0 Å². The van der Waals surface area contributed by atoms with Crippen molar-refractivity contribution in [2.24, 2.45) is 11.8 Å². The van der Waals surface area contributed by atoms with Crippen LogP contribution in [0.1, 0.15) is 44.1 Å². The number of carbonyl (C=O) groups excluding carboxylic acids is 1. The molecule has 1 N–H and O–H groups in total. The molecule has 3 aromatic heterocycles. The highest BCUT2D eigenvalue weighted by Gasteiger charge is 2.35. The van der Waals surface area contributed by atoms with E-state index in [0.29, 0.717) is 17.7 Å². The molecule has 0 aromatic carbocycles. The number of piperazine rings is 1. The average Bonchev–Trinajstić information content (AvgIpc) is 3.32. The van der Waals surface area contributed by atoms with Crippen molar-refractivity contribution in [3.05, 3.63) is 48.4 Å². The van der Waals surface area contributed by atoms with E-state index in [9.17, 15) is 4.79 Å². The summed E-state index contributed by atoms with van der Waals surface area (Å²) in [6, 6.07) is 8.66. The second-order valence-electron chi connectivity index (χ2n) is 10.4. The fourth-order valence-corrected chi connectivity index (χ4v) is 5.89. The maximum absolute atomic E-state index is 12.7. The highest BCUT2D eigenvalue weighted by molar-refractivity contribution is 5.81. The van der Waals surface area contributed by atoms with E-state index < -0.39 is 0 Å². The Morgan fingerprint density at radius 2 is 1.97 bits per heavy atom. The van der Waals surface area contributed by atoms with E-state index in [1.807, 2.05) is 16.9 Å². The topological polar surface area (TPSA) is 65.8 Å². The van der Waals surface area contributed by atoms with E-state index in [1.54, 1.807) is 0 Å². The van der Waals surface area contributed by atoms with Crippen LogP contribution in [0.2, 0.25) is 0 Å². The molecule has 0 spiro atoms. The van der Waals surface area contributed by atoms with Gasteiger partial charge in [-0.3, -0.25) is 9.78 Å². The third kappa shape index (κ3) is 4.06. The molecule has 6 rings (SSSR count). The Labute approximate surface area is 201 Å². The van der Waals surface area contributed by atoms with E-state index in [4.69, 9.17) is 4.98 Å². The summed E-state index contributed by atoms with van der Waals surface area (Å²) < 4.78 is 1.96. The van der Waals surface area contributed by atoms with Crippen molar-refractivity contribution in [1.29, 1.82) is 0 Å². The number of carbonyl (C=O) groups is 1. The van der Waals surface area contributed by atoms with Gasteiger partial charge in [-0.25, -0.2) is 4.52 Å². The summed E-state index contributed by atoms with van der Waals surface area (Å²) in [7, 11) is 0. The maximum Gasteiger partial charge on any atom is 0.225 e. The molecule has 0 radical (unpaired) electrons. The Kier molecular flexibility index (Phi) is 5.73. The SMILES string of the molecule is CC1CC(C(=O)N2CCN(c3ccnn4cc(-c5ccc([C@@H]6CCCNC6)cn5)cc34)CC2)C1. The van der Waals surface area contributed by atoms with Gasteiger partial charge in [-0.1, -0.05) is 13.0 Å². The Hall–Kier alpha value is -2.93. The molecule has 3 aliphatic rings. The fourth-order valence-electron chi connectivity index (χ4n) is 5.89. The molecule has 0 bridgehead atoms. The first-order chi connectivity index (χ1) is 16.7. The number of fused-ring (bicyclic) bond motifs is 1. The Balaban J connectivity index is 1.17. The number of rotatable bonds is 4.